The van der Waals surface area contributed by atoms with Gasteiger partial charge in [-0.1, -0.05) is 30.3 Å². The van der Waals surface area contributed by atoms with Gasteiger partial charge in [-0.05, 0) is 55.5 Å². The van der Waals surface area contributed by atoms with Gasteiger partial charge >= 0.3 is 35.8 Å². The molecule has 1 saturated carbocycles. The Hall–Kier alpha value is -7.42. The van der Waals surface area contributed by atoms with Crippen molar-refractivity contribution < 1.29 is 68.9 Å². The van der Waals surface area contributed by atoms with Crippen molar-refractivity contribution >= 4 is 52.7 Å². The number of piperazine rings is 1. The lowest BCUT2D eigenvalue weighted by Gasteiger charge is -2.42. The molecular weight excluding hydrogens is 825 g/mol. The molecule has 0 atom stereocenters. The second kappa shape index (κ2) is 26.0. The number of aliphatic carboxylic acids is 6. The number of fused-ring (bicyclic) bond motifs is 1. The number of hydrogen-bond acceptors (Lipinski definition) is 13. The van der Waals surface area contributed by atoms with E-state index in [1.165, 1.54) is 12.8 Å². The number of ether oxygens (including phenoxy) is 2. The molecule has 336 valence electrons. The number of rotatable bonds is 14. The number of nitrogens with two attached hydrogens (primary N) is 1. The Bertz CT molecular complexity index is 2100. The smallest absolute Gasteiger partial charge is 0.328 e. The lowest BCUT2D eigenvalue weighted by Crippen LogP contribution is -2.51. The summed E-state index contributed by atoms with van der Waals surface area (Å²) >= 11 is 0. The first-order valence-electron chi connectivity index (χ1n) is 19.4. The van der Waals surface area contributed by atoms with Crippen LogP contribution < -0.4 is 10.5 Å². The van der Waals surface area contributed by atoms with Gasteiger partial charge < -0.3 is 50.4 Å². The first kappa shape index (κ1) is 49.9. The number of para-hydroxylation sites is 1. The van der Waals surface area contributed by atoms with Gasteiger partial charge in [0, 0.05) is 100 Å². The third-order valence-corrected chi connectivity index (χ3v) is 9.48. The van der Waals surface area contributed by atoms with E-state index in [1.54, 1.807) is 13.4 Å². The van der Waals surface area contributed by atoms with E-state index in [0.29, 0.717) is 54.4 Å². The van der Waals surface area contributed by atoms with E-state index in [4.69, 9.17) is 50.8 Å². The lowest BCUT2D eigenvalue weighted by atomic mass is 9.89. The normalized spacial score (nSPS) is 16.5. The molecule has 4 aromatic rings. The zero-order chi connectivity index (χ0) is 46.3. The van der Waals surface area contributed by atoms with Gasteiger partial charge in [-0.2, -0.15) is 0 Å². The van der Waals surface area contributed by atoms with Crippen molar-refractivity contribution in [1.29, 1.82) is 0 Å². The van der Waals surface area contributed by atoms with Crippen molar-refractivity contribution in [2.75, 3.05) is 52.2 Å². The second-order valence-corrected chi connectivity index (χ2v) is 13.7. The molecule has 0 spiro atoms. The van der Waals surface area contributed by atoms with E-state index in [1.807, 2.05) is 42.5 Å². The van der Waals surface area contributed by atoms with Crippen LogP contribution in [0.5, 0.6) is 11.5 Å². The number of nitrogens with zero attached hydrogens (tertiary/aromatic N) is 5. The highest BCUT2D eigenvalue weighted by Gasteiger charge is 2.30. The van der Waals surface area contributed by atoms with Gasteiger partial charge in [0.1, 0.15) is 29.3 Å². The van der Waals surface area contributed by atoms with Crippen LogP contribution in [0.25, 0.3) is 22.2 Å². The summed E-state index contributed by atoms with van der Waals surface area (Å²) in [4.78, 5) is 71.6. The summed E-state index contributed by atoms with van der Waals surface area (Å²) in [6.07, 6.45) is 11.9. The van der Waals surface area contributed by atoms with Crippen LogP contribution in [0.15, 0.2) is 104 Å². The minimum absolute atomic E-state index is 0.412. The van der Waals surface area contributed by atoms with E-state index in [2.05, 4.69) is 37.7 Å². The Morgan fingerprint density at radius 2 is 1.11 bits per heavy atom. The van der Waals surface area contributed by atoms with Crippen molar-refractivity contribution in [3.8, 4) is 22.6 Å². The van der Waals surface area contributed by atoms with Gasteiger partial charge in [0.25, 0.3) is 0 Å². The van der Waals surface area contributed by atoms with Crippen molar-refractivity contribution in [3.63, 3.8) is 0 Å². The summed E-state index contributed by atoms with van der Waals surface area (Å²) in [6.45, 7) is 6.44. The van der Waals surface area contributed by atoms with Crippen LogP contribution in [0.1, 0.15) is 31.7 Å². The molecule has 2 aromatic carbocycles. The number of carbonyl (C=O) groups is 6. The molecule has 63 heavy (non-hydrogen) atoms. The van der Waals surface area contributed by atoms with Crippen LogP contribution in [0.3, 0.4) is 0 Å². The molecule has 2 aliphatic rings. The van der Waals surface area contributed by atoms with Crippen molar-refractivity contribution in [2.45, 2.75) is 37.8 Å². The predicted octanol–water partition coefficient (Wildman–Crippen LogP) is 4.36. The monoisotopic (exact) mass is 874 g/mol. The number of anilines is 1. The van der Waals surface area contributed by atoms with Gasteiger partial charge in [0.05, 0.1) is 12.0 Å². The number of benzene rings is 2. The molecule has 3 heterocycles. The average Bonchev–Trinajstić information content (AvgIpc) is 3.66. The van der Waals surface area contributed by atoms with Crippen molar-refractivity contribution in [2.24, 2.45) is 0 Å². The molecule has 0 bridgehead atoms. The standard InChI is InChI=1S/C31H38N6O2.3C4H4O4/c1-38-20-19-35-15-17-36(18-16-35)24-9-11-25(12-10-24)37-21-28(29-30(32)33-22-34-31(29)37)23-7-13-27(14-8-23)39-26-5-3-2-4-6-26;3*5-3(6)1-2-4(7)8/h2-8,13-14,21-22,24-25H,9-12,15-20H2,1H3,(H2,32,33,34);3*1-2H,(H,5,6)(H,7,8)/t24-,25-;;;. The maximum absolute atomic E-state index is 9.55. The molecule has 0 amide bonds. The second-order valence-electron chi connectivity index (χ2n) is 13.7. The Morgan fingerprint density at radius 1 is 0.651 bits per heavy atom. The van der Waals surface area contributed by atoms with Gasteiger partial charge in [-0.25, -0.2) is 38.7 Å². The summed E-state index contributed by atoms with van der Waals surface area (Å²) < 4.78 is 13.6. The number of aromatic nitrogens is 3. The van der Waals surface area contributed by atoms with Crippen molar-refractivity contribution in [1.82, 2.24) is 24.3 Å². The number of hydrogen-bond donors (Lipinski definition) is 7. The zero-order valence-electron chi connectivity index (χ0n) is 34.3. The molecule has 6 rings (SSSR count). The highest BCUT2D eigenvalue weighted by atomic mass is 16.5. The SMILES string of the molecule is COCCN1CCN([C@H]2CC[C@H](n3cc(-c4ccc(Oc5ccccc5)cc4)c4c(N)ncnc43)CC2)CC1.O=C(O)C=CC(=O)O.O=C(O)C=CC(=O)O.O=C(O)C=CC(=O)O. The third-order valence-electron chi connectivity index (χ3n) is 9.48. The fraction of sp³-hybridized carbons (Fsp3) is 0.302. The van der Waals surface area contributed by atoms with Crippen LogP contribution in [-0.4, -0.2) is 143 Å². The Labute approximate surface area is 361 Å². The summed E-state index contributed by atoms with van der Waals surface area (Å²) in [7, 11) is 1.78. The highest BCUT2D eigenvalue weighted by Crippen LogP contribution is 2.39. The molecule has 1 aliphatic heterocycles. The maximum Gasteiger partial charge on any atom is 0.328 e. The largest absolute Gasteiger partial charge is 0.478 e. The minimum atomic E-state index is -1.26. The number of carboxylic acid groups (broad SMARTS) is 6. The fourth-order valence-corrected chi connectivity index (χ4v) is 6.63. The molecule has 0 unspecified atom stereocenters. The van der Waals surface area contributed by atoms with Crippen LogP contribution in [0, 0.1) is 0 Å². The van der Waals surface area contributed by atoms with E-state index in [9.17, 15) is 28.8 Å². The molecule has 1 aliphatic carbocycles. The van der Waals surface area contributed by atoms with Crippen LogP contribution in [0.4, 0.5) is 5.82 Å². The summed E-state index contributed by atoms with van der Waals surface area (Å²) in [5.74, 6) is -5.39. The number of nitrogen functional groups attached to an aromatic ring is 1. The van der Waals surface area contributed by atoms with E-state index in [-0.39, 0.29) is 0 Å². The summed E-state index contributed by atoms with van der Waals surface area (Å²) in [6, 6.07) is 19.1. The number of carboxylic acids is 6. The minimum Gasteiger partial charge on any atom is -0.478 e. The summed E-state index contributed by atoms with van der Waals surface area (Å²) in [5, 5.41) is 47.8. The molecule has 2 fully saturated rings. The van der Waals surface area contributed by atoms with Crippen molar-refractivity contribution in [3.05, 3.63) is 104 Å². The van der Waals surface area contributed by atoms with E-state index in [0.717, 1.165) is 85.8 Å². The van der Waals surface area contributed by atoms with Crippen LogP contribution in [0.2, 0.25) is 0 Å². The Morgan fingerprint density at radius 3 is 1.57 bits per heavy atom. The average molecular weight is 875 g/mol. The fourth-order valence-electron chi connectivity index (χ4n) is 6.63. The molecule has 8 N–H and O–H groups in total. The van der Waals surface area contributed by atoms with Gasteiger partial charge in [-0.15, -0.1) is 0 Å². The number of methoxy groups -OCH3 is 1. The molecule has 20 heteroatoms. The van der Waals surface area contributed by atoms with Gasteiger partial charge in [0.2, 0.25) is 0 Å². The molecule has 2 aromatic heterocycles. The van der Waals surface area contributed by atoms with Gasteiger partial charge in [-0.3, -0.25) is 9.80 Å². The molecule has 1 saturated heterocycles. The Balaban J connectivity index is 0.000000360. The first-order valence-corrected chi connectivity index (χ1v) is 19.4. The topological polar surface area (TPSA) is 305 Å². The quantitative estimate of drug-likeness (QED) is 0.0866. The lowest BCUT2D eigenvalue weighted by molar-refractivity contribution is -0.134. The highest BCUT2D eigenvalue weighted by molar-refractivity contribution is 6.00. The van der Waals surface area contributed by atoms with Crippen LogP contribution >= 0.6 is 0 Å². The predicted molar refractivity (Wildman–Crippen MR) is 228 cm³/mol. The molecule has 20 nitrogen and oxygen atoms in total. The van der Waals surface area contributed by atoms with Crippen LogP contribution in [-0.2, 0) is 33.5 Å². The third kappa shape index (κ3) is 18.0. The van der Waals surface area contributed by atoms with Gasteiger partial charge in [0.15, 0.2) is 0 Å². The van der Waals surface area contributed by atoms with E-state index < -0.39 is 35.8 Å². The molecule has 0 radical (unpaired) electrons. The summed E-state index contributed by atoms with van der Waals surface area (Å²) in [5.41, 5.74) is 9.51. The first-order chi connectivity index (χ1) is 30.1. The van der Waals surface area contributed by atoms with E-state index >= 15 is 0 Å². The Kier molecular flexibility index (Phi) is 20.6. The maximum atomic E-state index is 9.55. The zero-order valence-corrected chi connectivity index (χ0v) is 34.3. The molecular formula is C43H50N6O14.